The van der Waals surface area contributed by atoms with Gasteiger partial charge in [-0.25, -0.2) is 9.97 Å². The fourth-order valence-corrected chi connectivity index (χ4v) is 4.81. The van der Waals surface area contributed by atoms with E-state index < -0.39 is 0 Å². The normalized spacial score (nSPS) is 19.3. The second kappa shape index (κ2) is 8.24. The summed E-state index contributed by atoms with van der Waals surface area (Å²) in [5.74, 6) is 1.01. The van der Waals surface area contributed by atoms with E-state index in [0.29, 0.717) is 19.4 Å². The van der Waals surface area contributed by atoms with Crippen LogP contribution in [0.3, 0.4) is 0 Å². The van der Waals surface area contributed by atoms with Gasteiger partial charge in [0, 0.05) is 29.8 Å². The van der Waals surface area contributed by atoms with Crippen molar-refractivity contribution in [1.29, 1.82) is 0 Å². The monoisotopic (exact) mass is 423 g/mol. The van der Waals surface area contributed by atoms with Crippen LogP contribution in [-0.4, -0.2) is 52.2 Å². The number of fused-ring (bicyclic) bond motifs is 1. The Kier molecular flexibility index (Phi) is 5.66. The largest absolute Gasteiger partial charge is 0.488 e. The molecule has 1 aromatic carbocycles. The number of thiazole rings is 1. The van der Waals surface area contributed by atoms with Crippen molar-refractivity contribution in [3.05, 3.63) is 40.2 Å². The number of rotatable bonds is 6. The van der Waals surface area contributed by atoms with Gasteiger partial charge in [-0.1, -0.05) is 6.07 Å². The molecule has 30 heavy (non-hydrogen) atoms. The molecule has 2 atom stereocenters. The molecular formula is C23H25N3O3S. The van der Waals surface area contributed by atoms with Crippen molar-refractivity contribution >= 4 is 33.8 Å². The van der Waals surface area contributed by atoms with Gasteiger partial charge in [0.15, 0.2) is 0 Å². The maximum absolute atomic E-state index is 11.9. The summed E-state index contributed by atoms with van der Waals surface area (Å²) in [6.07, 6.45) is 0.949. The third-order valence-corrected chi connectivity index (χ3v) is 6.26. The van der Waals surface area contributed by atoms with Gasteiger partial charge in [0.1, 0.15) is 34.1 Å². The second-order valence-corrected chi connectivity index (χ2v) is 9.02. The van der Waals surface area contributed by atoms with E-state index in [1.807, 2.05) is 43.6 Å². The molecule has 0 aliphatic carbocycles. The first-order chi connectivity index (χ1) is 14.3. The van der Waals surface area contributed by atoms with E-state index in [2.05, 4.69) is 9.88 Å². The Morgan fingerprint density at radius 3 is 2.70 bits per heavy atom. The molecule has 0 amide bonds. The maximum atomic E-state index is 11.9. The number of aryl methyl sites for hydroxylation is 1. The van der Waals surface area contributed by atoms with Crippen molar-refractivity contribution in [3.63, 3.8) is 0 Å². The highest BCUT2D eigenvalue weighted by Crippen LogP contribution is 2.33. The topological polar surface area (TPSA) is 72.4 Å². The van der Waals surface area contributed by atoms with Crippen molar-refractivity contribution in [3.8, 4) is 17.1 Å². The van der Waals surface area contributed by atoms with Crippen molar-refractivity contribution in [2.45, 2.75) is 45.8 Å². The number of hydrogen-bond donors (Lipinski definition) is 0. The number of benzene rings is 1. The molecule has 4 rings (SSSR count). The zero-order chi connectivity index (χ0) is 21.4. The third-order valence-electron chi connectivity index (χ3n) is 5.41. The van der Waals surface area contributed by atoms with Crippen molar-refractivity contribution in [1.82, 2.24) is 14.9 Å². The summed E-state index contributed by atoms with van der Waals surface area (Å²) in [5, 5.41) is 3.66. The molecule has 1 aliphatic rings. The number of carbonyl (C=O) groups is 2. The average Bonchev–Trinajstić information content (AvgIpc) is 3.27. The lowest BCUT2D eigenvalue weighted by molar-refractivity contribution is -0.121. The number of likely N-dealkylation sites (N-methyl/N-ethyl adjacent to an activating group) is 1. The van der Waals surface area contributed by atoms with Crippen LogP contribution in [0.1, 0.15) is 30.8 Å². The molecule has 0 saturated carbocycles. The molecule has 2 unspecified atom stereocenters. The van der Waals surface area contributed by atoms with Crippen LogP contribution in [0.25, 0.3) is 22.3 Å². The maximum Gasteiger partial charge on any atom is 0.147 e. The highest BCUT2D eigenvalue weighted by atomic mass is 32.1. The predicted octanol–water partition coefficient (Wildman–Crippen LogP) is 3.84. The zero-order valence-electron chi connectivity index (χ0n) is 17.6. The first kappa shape index (κ1) is 20.6. The number of ketones is 2. The van der Waals surface area contributed by atoms with Crippen molar-refractivity contribution in [2.75, 3.05) is 13.6 Å². The first-order valence-electron chi connectivity index (χ1n) is 10.0. The van der Waals surface area contributed by atoms with Crippen LogP contribution in [0.2, 0.25) is 0 Å². The van der Waals surface area contributed by atoms with Crippen LogP contribution in [0.4, 0.5) is 0 Å². The fourth-order valence-electron chi connectivity index (χ4n) is 3.95. The number of pyridine rings is 1. The third kappa shape index (κ3) is 4.27. The summed E-state index contributed by atoms with van der Waals surface area (Å²) in [7, 11) is 1.96. The Morgan fingerprint density at radius 2 is 2.00 bits per heavy atom. The summed E-state index contributed by atoms with van der Waals surface area (Å²) in [6.45, 7) is 5.93. The Bertz CT molecular complexity index is 1120. The van der Waals surface area contributed by atoms with Gasteiger partial charge in [-0.15, -0.1) is 11.3 Å². The highest BCUT2D eigenvalue weighted by Gasteiger charge is 2.34. The number of hydrogen-bond acceptors (Lipinski definition) is 7. The summed E-state index contributed by atoms with van der Waals surface area (Å²) in [4.78, 5) is 34.8. The van der Waals surface area contributed by atoms with Crippen LogP contribution in [0, 0.1) is 6.92 Å². The molecule has 0 N–H and O–H groups in total. The van der Waals surface area contributed by atoms with Crippen LogP contribution in [0.15, 0.2) is 29.6 Å². The van der Waals surface area contributed by atoms with Gasteiger partial charge < -0.3 is 4.74 Å². The minimum absolute atomic E-state index is 0.0626. The molecule has 6 nitrogen and oxygen atoms in total. The lowest BCUT2D eigenvalue weighted by atomic mass is 10.1. The Labute approximate surface area is 179 Å². The van der Waals surface area contributed by atoms with Crippen LogP contribution < -0.4 is 4.74 Å². The number of aromatic nitrogens is 2. The van der Waals surface area contributed by atoms with Gasteiger partial charge in [-0.2, -0.15) is 0 Å². The summed E-state index contributed by atoms with van der Waals surface area (Å²) >= 11 is 1.47. The van der Waals surface area contributed by atoms with Crippen molar-refractivity contribution in [2.24, 2.45) is 0 Å². The van der Waals surface area contributed by atoms with E-state index in [1.54, 1.807) is 13.8 Å². The Morgan fingerprint density at radius 1 is 1.20 bits per heavy atom. The summed E-state index contributed by atoms with van der Waals surface area (Å²) in [5.41, 5.74) is 3.43. The fraction of sp³-hybridized carbons (Fsp3) is 0.391. The van der Waals surface area contributed by atoms with E-state index >= 15 is 0 Å². The van der Waals surface area contributed by atoms with Gasteiger partial charge in [0.25, 0.3) is 0 Å². The molecule has 156 valence electrons. The minimum Gasteiger partial charge on any atom is -0.488 e. The van der Waals surface area contributed by atoms with Gasteiger partial charge in [0.05, 0.1) is 23.7 Å². The summed E-state index contributed by atoms with van der Waals surface area (Å²) in [6, 6.07) is 7.93. The smallest absolute Gasteiger partial charge is 0.147 e. The summed E-state index contributed by atoms with van der Waals surface area (Å²) < 4.78 is 6.40. The van der Waals surface area contributed by atoms with Crippen LogP contribution >= 0.6 is 11.3 Å². The van der Waals surface area contributed by atoms with E-state index in [9.17, 15) is 9.59 Å². The lowest BCUT2D eigenvalue weighted by Gasteiger charge is -2.16. The quantitative estimate of drug-likeness (QED) is 0.600. The standard InChI is InChI=1S/C23H25N3O3S/c1-13-5-6-17-18(7-13)24-19(20-12-30-23(25-20)8-14(2)27)10-22(17)29-16-9-21(15(3)28)26(4)11-16/h5-7,10,12,16,21H,8-9,11H2,1-4H3. The first-order valence-corrected chi connectivity index (χ1v) is 10.9. The van der Waals surface area contributed by atoms with Gasteiger partial charge in [-0.3, -0.25) is 14.5 Å². The van der Waals surface area contributed by atoms with Crippen LogP contribution in [0.5, 0.6) is 5.75 Å². The SMILES string of the molecule is CC(=O)Cc1nc(-c2cc(OC3CC(C(C)=O)N(C)C3)c3ccc(C)cc3n2)cs1. The Hall–Kier alpha value is -2.64. The predicted molar refractivity (Wildman–Crippen MR) is 118 cm³/mol. The number of likely N-dealkylation sites (tertiary alicyclic amines) is 1. The molecule has 7 heteroatoms. The molecule has 3 heterocycles. The highest BCUT2D eigenvalue weighted by molar-refractivity contribution is 7.10. The molecule has 1 fully saturated rings. The molecule has 3 aromatic rings. The molecular weight excluding hydrogens is 398 g/mol. The van der Waals surface area contributed by atoms with Gasteiger partial charge >= 0.3 is 0 Å². The number of carbonyl (C=O) groups excluding carboxylic acids is 2. The molecule has 0 radical (unpaired) electrons. The van der Waals surface area contributed by atoms with Crippen molar-refractivity contribution < 1.29 is 14.3 Å². The van der Waals surface area contributed by atoms with E-state index in [0.717, 1.165) is 38.6 Å². The molecule has 1 aliphatic heterocycles. The molecule has 1 saturated heterocycles. The molecule has 0 bridgehead atoms. The number of ether oxygens (including phenoxy) is 1. The van der Waals surface area contributed by atoms with E-state index in [-0.39, 0.29) is 23.7 Å². The lowest BCUT2D eigenvalue weighted by Crippen LogP contribution is -2.31. The van der Waals surface area contributed by atoms with E-state index in [4.69, 9.17) is 9.72 Å². The molecule has 2 aromatic heterocycles. The second-order valence-electron chi connectivity index (χ2n) is 8.07. The minimum atomic E-state index is -0.0995. The van der Waals surface area contributed by atoms with E-state index in [1.165, 1.54) is 11.3 Å². The number of Topliss-reactive ketones (excluding diaryl/α,β-unsaturated/α-hetero) is 2. The Balaban J connectivity index is 1.70. The van der Waals surface area contributed by atoms with Gasteiger partial charge in [0.2, 0.25) is 0 Å². The van der Waals surface area contributed by atoms with Gasteiger partial charge in [-0.05, 0) is 45.5 Å². The zero-order valence-corrected chi connectivity index (χ0v) is 18.5. The van der Waals surface area contributed by atoms with Crippen LogP contribution in [-0.2, 0) is 16.0 Å². The molecule has 0 spiro atoms. The number of nitrogens with zero attached hydrogens (tertiary/aromatic N) is 3. The average molecular weight is 424 g/mol.